The third-order valence-electron chi connectivity index (χ3n) is 4.46. The second kappa shape index (κ2) is 8.68. The number of halogens is 4. The summed E-state index contributed by atoms with van der Waals surface area (Å²) < 4.78 is 59.9. The normalized spacial score (nSPS) is 17.3. The van der Waals surface area contributed by atoms with Crippen molar-refractivity contribution in [2.24, 2.45) is 0 Å². The van der Waals surface area contributed by atoms with Crippen LogP contribution in [0.15, 0.2) is 40.7 Å². The summed E-state index contributed by atoms with van der Waals surface area (Å²) in [6.07, 6.45) is -4.39. The number of hydrogen-bond donors (Lipinski definition) is 1. The zero-order chi connectivity index (χ0) is 21.9. The summed E-state index contributed by atoms with van der Waals surface area (Å²) in [5, 5.41) is 12.6. The average Bonchev–Trinajstić information content (AvgIpc) is 2.60. The summed E-state index contributed by atoms with van der Waals surface area (Å²) in [4.78, 5) is 12.9. The minimum absolute atomic E-state index is 0.0438. The van der Waals surface area contributed by atoms with Gasteiger partial charge in [-0.25, -0.2) is 9.18 Å². The van der Waals surface area contributed by atoms with Crippen LogP contribution in [0.25, 0.3) is 0 Å². The van der Waals surface area contributed by atoms with Gasteiger partial charge in [0, 0.05) is 11.4 Å². The first kappa shape index (κ1) is 22.5. The van der Waals surface area contributed by atoms with Crippen molar-refractivity contribution in [2.45, 2.75) is 58.7 Å². The molecule has 1 aromatic rings. The van der Waals surface area contributed by atoms with Crippen molar-refractivity contribution in [1.82, 2.24) is 5.32 Å². The molecule has 0 fully saturated rings. The number of carbonyl (C=O) groups excluding carboxylic acids is 1. The van der Waals surface area contributed by atoms with Gasteiger partial charge in [-0.05, 0) is 44.9 Å². The standard InChI is InChI=1S/C21H22F4N2O2/c1-5-6-17-19(20(28)29-11(2)3)18(15(10-26)12(4)27-17)14-8-7-13(22)9-16(14)21(23,24)25/h7-9,11,18,27H,5-6H2,1-4H3. The van der Waals surface area contributed by atoms with Gasteiger partial charge < -0.3 is 10.1 Å². The van der Waals surface area contributed by atoms with Gasteiger partial charge in [-0.3, -0.25) is 0 Å². The molecule has 0 saturated heterocycles. The summed E-state index contributed by atoms with van der Waals surface area (Å²) in [6, 6.07) is 4.16. The maximum Gasteiger partial charge on any atom is 0.416 e. The SMILES string of the molecule is CCCC1=C(C(=O)OC(C)C)C(c2ccc(F)cc2C(F)(F)F)C(C#N)=C(C)N1. The first-order valence-electron chi connectivity index (χ1n) is 9.19. The quantitative estimate of drug-likeness (QED) is 0.526. The number of hydrogen-bond acceptors (Lipinski definition) is 4. The van der Waals surface area contributed by atoms with Crippen LogP contribution >= 0.6 is 0 Å². The fourth-order valence-corrected chi connectivity index (χ4v) is 3.35. The second-order valence-corrected chi connectivity index (χ2v) is 7.03. The predicted molar refractivity (Wildman–Crippen MR) is 98.8 cm³/mol. The highest BCUT2D eigenvalue weighted by atomic mass is 19.4. The molecule has 1 unspecified atom stereocenters. The number of rotatable bonds is 5. The van der Waals surface area contributed by atoms with Crippen molar-refractivity contribution in [3.8, 4) is 6.07 Å². The Kier molecular flexibility index (Phi) is 6.73. The molecular weight excluding hydrogens is 388 g/mol. The molecule has 1 aromatic carbocycles. The lowest BCUT2D eigenvalue weighted by Gasteiger charge is -2.31. The summed E-state index contributed by atoms with van der Waals surface area (Å²) in [6.45, 7) is 6.65. The van der Waals surface area contributed by atoms with Gasteiger partial charge >= 0.3 is 12.1 Å². The van der Waals surface area contributed by atoms with E-state index in [0.717, 1.165) is 12.1 Å². The maximum atomic E-state index is 13.7. The van der Waals surface area contributed by atoms with Crippen LogP contribution in [0.5, 0.6) is 0 Å². The van der Waals surface area contributed by atoms with E-state index in [4.69, 9.17) is 4.74 Å². The van der Waals surface area contributed by atoms with Crippen molar-refractivity contribution < 1.29 is 27.1 Å². The highest BCUT2D eigenvalue weighted by Gasteiger charge is 2.42. The van der Waals surface area contributed by atoms with E-state index in [9.17, 15) is 27.6 Å². The van der Waals surface area contributed by atoms with Gasteiger partial charge in [-0.2, -0.15) is 18.4 Å². The van der Waals surface area contributed by atoms with E-state index >= 15 is 0 Å². The summed E-state index contributed by atoms with van der Waals surface area (Å²) >= 11 is 0. The largest absolute Gasteiger partial charge is 0.460 e. The van der Waals surface area contributed by atoms with E-state index in [-0.39, 0.29) is 16.7 Å². The fraction of sp³-hybridized carbons (Fsp3) is 0.429. The van der Waals surface area contributed by atoms with Gasteiger partial charge in [0.15, 0.2) is 0 Å². The first-order valence-corrected chi connectivity index (χ1v) is 9.19. The Balaban J connectivity index is 2.83. The van der Waals surface area contributed by atoms with Crippen LogP contribution in [0.3, 0.4) is 0 Å². The minimum Gasteiger partial charge on any atom is -0.460 e. The van der Waals surface area contributed by atoms with Gasteiger partial charge in [-0.15, -0.1) is 0 Å². The third-order valence-corrected chi connectivity index (χ3v) is 4.46. The van der Waals surface area contributed by atoms with Crippen LogP contribution in [0.1, 0.15) is 57.6 Å². The van der Waals surface area contributed by atoms with Crippen molar-refractivity contribution in [3.63, 3.8) is 0 Å². The highest BCUT2D eigenvalue weighted by Crippen LogP contribution is 2.44. The number of nitrogens with one attached hydrogen (secondary N) is 1. The molecule has 2 rings (SSSR count). The Hall–Kier alpha value is -2.82. The Morgan fingerprint density at radius 1 is 1.34 bits per heavy atom. The molecule has 1 aliphatic heterocycles. The lowest BCUT2D eigenvalue weighted by Crippen LogP contribution is -2.31. The van der Waals surface area contributed by atoms with E-state index in [2.05, 4.69) is 5.32 Å². The minimum atomic E-state index is -4.87. The number of esters is 1. The molecule has 8 heteroatoms. The van der Waals surface area contributed by atoms with Gasteiger partial charge in [-0.1, -0.05) is 19.4 Å². The molecule has 0 spiro atoms. The molecule has 1 aliphatic rings. The second-order valence-electron chi connectivity index (χ2n) is 7.03. The van der Waals surface area contributed by atoms with E-state index in [1.807, 2.05) is 13.0 Å². The Morgan fingerprint density at radius 3 is 2.52 bits per heavy atom. The van der Waals surface area contributed by atoms with Crippen LogP contribution in [0.2, 0.25) is 0 Å². The van der Waals surface area contributed by atoms with Crippen molar-refractivity contribution in [2.75, 3.05) is 0 Å². The molecule has 1 N–H and O–H groups in total. The zero-order valence-corrected chi connectivity index (χ0v) is 16.6. The maximum absolute atomic E-state index is 13.7. The first-order chi connectivity index (χ1) is 13.5. The number of ether oxygens (including phenoxy) is 1. The van der Waals surface area contributed by atoms with Crippen molar-refractivity contribution >= 4 is 5.97 Å². The monoisotopic (exact) mass is 410 g/mol. The molecule has 0 aliphatic carbocycles. The Labute approximate surface area is 166 Å². The number of nitrogens with zero attached hydrogens (tertiary/aromatic N) is 1. The van der Waals surface area contributed by atoms with Crippen LogP contribution in [-0.2, 0) is 15.7 Å². The van der Waals surface area contributed by atoms with Crippen molar-refractivity contribution in [3.05, 3.63) is 57.7 Å². The molecule has 29 heavy (non-hydrogen) atoms. The molecule has 0 bridgehead atoms. The van der Waals surface area contributed by atoms with Crippen LogP contribution in [-0.4, -0.2) is 12.1 Å². The number of nitriles is 1. The summed E-state index contributed by atoms with van der Waals surface area (Å²) in [5.74, 6) is -3.18. The number of dihydropyridines is 1. The Bertz CT molecular complexity index is 908. The predicted octanol–water partition coefficient (Wildman–Crippen LogP) is 5.33. The van der Waals surface area contributed by atoms with Crippen LogP contribution in [0.4, 0.5) is 17.6 Å². The molecule has 1 heterocycles. The van der Waals surface area contributed by atoms with Gasteiger partial charge in [0.05, 0.1) is 34.8 Å². The van der Waals surface area contributed by atoms with E-state index < -0.39 is 35.5 Å². The lowest BCUT2D eigenvalue weighted by atomic mass is 9.78. The molecular formula is C21H22F4N2O2. The number of allylic oxidation sites excluding steroid dienone is 3. The lowest BCUT2D eigenvalue weighted by molar-refractivity contribution is -0.143. The topological polar surface area (TPSA) is 62.1 Å². The molecule has 0 radical (unpaired) electrons. The van der Waals surface area contributed by atoms with Gasteiger partial charge in [0.2, 0.25) is 0 Å². The van der Waals surface area contributed by atoms with E-state index in [0.29, 0.717) is 30.3 Å². The average molecular weight is 410 g/mol. The number of benzene rings is 1. The fourth-order valence-electron chi connectivity index (χ4n) is 3.35. The zero-order valence-electron chi connectivity index (χ0n) is 16.6. The smallest absolute Gasteiger partial charge is 0.416 e. The molecule has 1 atom stereocenters. The van der Waals surface area contributed by atoms with Crippen LogP contribution < -0.4 is 5.32 Å². The van der Waals surface area contributed by atoms with Crippen LogP contribution in [0, 0.1) is 17.1 Å². The highest BCUT2D eigenvalue weighted by molar-refractivity contribution is 5.93. The summed E-state index contributed by atoms with van der Waals surface area (Å²) in [7, 11) is 0. The van der Waals surface area contributed by atoms with Crippen molar-refractivity contribution in [1.29, 1.82) is 5.26 Å². The molecule has 0 saturated carbocycles. The van der Waals surface area contributed by atoms with Gasteiger partial charge in [0.25, 0.3) is 0 Å². The third kappa shape index (κ3) is 4.78. The molecule has 4 nitrogen and oxygen atoms in total. The molecule has 0 aromatic heterocycles. The Morgan fingerprint density at radius 2 is 2.00 bits per heavy atom. The molecule has 156 valence electrons. The van der Waals surface area contributed by atoms with E-state index in [1.165, 1.54) is 0 Å². The molecule has 0 amide bonds. The number of carbonyl (C=O) groups is 1. The van der Waals surface area contributed by atoms with E-state index in [1.54, 1.807) is 20.8 Å². The number of alkyl halides is 3. The summed E-state index contributed by atoms with van der Waals surface area (Å²) in [5.41, 5.74) is -0.940. The van der Waals surface area contributed by atoms with Gasteiger partial charge in [0.1, 0.15) is 5.82 Å².